The largest absolute Gasteiger partial charge is 0.449 e. The van der Waals surface area contributed by atoms with Gasteiger partial charge in [-0.25, -0.2) is 13.2 Å². The number of carbonyl (C=O) groups excluding carboxylic acids is 2. The summed E-state index contributed by atoms with van der Waals surface area (Å²) < 4.78 is 69.9. The maximum absolute atomic E-state index is 12.8. The summed E-state index contributed by atoms with van der Waals surface area (Å²) in [7, 11) is -3.54. The summed E-state index contributed by atoms with van der Waals surface area (Å²) in [5.41, 5.74) is -0.958. The second kappa shape index (κ2) is 7.94. The summed E-state index contributed by atoms with van der Waals surface area (Å²) in [5.74, 6) is -1.72. The third-order valence-corrected chi connectivity index (χ3v) is 5.33. The third-order valence-electron chi connectivity index (χ3n) is 4.17. The number of benzene rings is 1. The maximum atomic E-state index is 12.8. The number of fused-ring (bicyclic) bond motifs is 1. The van der Waals surface area contributed by atoms with Gasteiger partial charge in [-0.1, -0.05) is 6.07 Å². The number of nitrogens with zero attached hydrogens (tertiary/aromatic N) is 2. The van der Waals surface area contributed by atoms with Gasteiger partial charge in [0, 0.05) is 18.4 Å². The first-order chi connectivity index (χ1) is 13.9. The average Bonchev–Trinajstić information content (AvgIpc) is 2.66. The van der Waals surface area contributed by atoms with Gasteiger partial charge in [0.25, 0.3) is 15.9 Å². The zero-order chi connectivity index (χ0) is 22.1. The molecule has 1 aromatic rings. The molecular weight excluding hydrogens is 427 g/mol. The molecule has 1 N–H and O–H groups in total. The minimum atomic E-state index is -4.56. The first-order valence-corrected chi connectivity index (χ1v) is 10.2. The van der Waals surface area contributed by atoms with Crippen molar-refractivity contribution in [3.63, 3.8) is 0 Å². The highest BCUT2D eigenvalue weighted by Crippen LogP contribution is 2.30. The number of alkyl halides is 3. The average molecular weight is 443 g/mol. The number of amidine groups is 1. The van der Waals surface area contributed by atoms with Crippen molar-refractivity contribution in [3.8, 4) is 0 Å². The zero-order valence-electron chi connectivity index (χ0n) is 15.5. The molecule has 1 amide bonds. The van der Waals surface area contributed by atoms with E-state index in [1.165, 1.54) is 36.2 Å². The van der Waals surface area contributed by atoms with Gasteiger partial charge in [-0.05, 0) is 37.3 Å². The Morgan fingerprint density at radius 1 is 1.27 bits per heavy atom. The summed E-state index contributed by atoms with van der Waals surface area (Å²) in [4.78, 5) is 25.9. The molecule has 1 unspecified atom stereocenters. The predicted molar refractivity (Wildman–Crippen MR) is 101 cm³/mol. The lowest BCUT2D eigenvalue weighted by Crippen LogP contribution is -2.37. The fourth-order valence-electron chi connectivity index (χ4n) is 2.62. The van der Waals surface area contributed by atoms with Crippen molar-refractivity contribution in [2.24, 2.45) is 4.40 Å². The monoisotopic (exact) mass is 443 g/mol. The number of esters is 1. The van der Waals surface area contributed by atoms with Crippen LogP contribution in [0.4, 0.5) is 18.9 Å². The summed E-state index contributed by atoms with van der Waals surface area (Å²) >= 11 is 0. The molecule has 0 bridgehead atoms. The Hall–Kier alpha value is -3.15. The van der Waals surface area contributed by atoms with Crippen molar-refractivity contribution in [1.29, 1.82) is 0 Å². The van der Waals surface area contributed by atoms with E-state index in [-0.39, 0.29) is 29.4 Å². The number of rotatable bonds is 4. The minimum Gasteiger partial charge on any atom is -0.449 e. The van der Waals surface area contributed by atoms with Crippen LogP contribution in [0, 0.1) is 0 Å². The highest BCUT2D eigenvalue weighted by molar-refractivity contribution is 7.90. The molecule has 2 heterocycles. The molecule has 30 heavy (non-hydrogen) atoms. The lowest BCUT2D eigenvalue weighted by atomic mass is 10.2. The molecule has 0 radical (unpaired) electrons. The van der Waals surface area contributed by atoms with E-state index in [9.17, 15) is 31.2 Å². The molecule has 12 heteroatoms. The van der Waals surface area contributed by atoms with Crippen LogP contribution in [0.2, 0.25) is 0 Å². The van der Waals surface area contributed by atoms with Crippen LogP contribution in [-0.2, 0) is 30.5 Å². The Kier molecular flexibility index (Phi) is 5.70. The molecule has 160 valence electrons. The second-order valence-electron chi connectivity index (χ2n) is 6.46. The highest BCUT2D eigenvalue weighted by atomic mass is 32.2. The first kappa shape index (κ1) is 21.6. The van der Waals surface area contributed by atoms with Gasteiger partial charge in [0.15, 0.2) is 6.10 Å². The van der Waals surface area contributed by atoms with Crippen LogP contribution in [-0.4, -0.2) is 49.4 Å². The second-order valence-corrected chi connectivity index (χ2v) is 8.22. The Morgan fingerprint density at radius 2 is 2.00 bits per heavy atom. The fraction of sp³-hybridized carbons (Fsp3) is 0.278. The van der Waals surface area contributed by atoms with Crippen molar-refractivity contribution in [1.82, 2.24) is 4.90 Å². The molecule has 0 saturated carbocycles. The molecule has 0 aliphatic carbocycles. The zero-order valence-corrected chi connectivity index (χ0v) is 16.3. The number of anilines is 1. The van der Waals surface area contributed by atoms with E-state index in [1.807, 2.05) is 0 Å². The lowest BCUT2D eigenvalue weighted by molar-refractivity contribution is -0.149. The number of amides is 1. The first-order valence-electron chi connectivity index (χ1n) is 8.63. The number of nitrogens with one attached hydrogen (secondary N) is 1. The molecule has 0 aromatic heterocycles. The molecule has 3 rings (SSSR count). The highest BCUT2D eigenvalue weighted by Gasteiger charge is 2.31. The van der Waals surface area contributed by atoms with Gasteiger partial charge in [-0.3, -0.25) is 4.79 Å². The topological polar surface area (TPSA) is 105 Å². The van der Waals surface area contributed by atoms with Crippen LogP contribution < -0.4 is 5.32 Å². The van der Waals surface area contributed by atoms with E-state index in [0.29, 0.717) is 0 Å². The van der Waals surface area contributed by atoms with E-state index in [0.717, 1.165) is 18.2 Å². The number of ether oxygens (including phenoxy) is 1. The van der Waals surface area contributed by atoms with Crippen molar-refractivity contribution in [2.45, 2.75) is 19.2 Å². The summed E-state index contributed by atoms with van der Waals surface area (Å²) in [6.45, 7) is 1.38. The number of hydrogen-bond acceptors (Lipinski definition) is 6. The minimum absolute atomic E-state index is 0.0620. The molecule has 0 saturated heterocycles. The van der Waals surface area contributed by atoms with Crippen LogP contribution in [0.25, 0.3) is 0 Å². The number of hydrogen-bond donors (Lipinski definition) is 1. The Balaban J connectivity index is 1.63. The molecule has 1 atom stereocenters. The standard InChI is InChI=1S/C18H16F3N3O5S/c1-11(16(25)22-14-4-2-3-13(9-14)18(19,20)21)29-17(26)12-5-6-15-23-30(27,28)8-7-24(15)10-12/h2-6,9-11H,7-8H2,1H3,(H,22,25). The Labute approximate surface area is 169 Å². The Bertz CT molecular complexity index is 1080. The molecule has 1 aromatic carbocycles. The third kappa shape index (κ3) is 5.06. The van der Waals surface area contributed by atoms with Gasteiger partial charge in [-0.2, -0.15) is 13.2 Å². The molecular formula is C18H16F3N3O5S. The Morgan fingerprint density at radius 3 is 2.70 bits per heavy atom. The van der Waals surface area contributed by atoms with Crippen molar-refractivity contribution in [2.75, 3.05) is 17.6 Å². The van der Waals surface area contributed by atoms with Gasteiger partial charge >= 0.3 is 12.1 Å². The van der Waals surface area contributed by atoms with Crippen molar-refractivity contribution in [3.05, 3.63) is 53.8 Å². The predicted octanol–water partition coefficient (Wildman–Crippen LogP) is 2.07. The smallest absolute Gasteiger partial charge is 0.416 e. The maximum Gasteiger partial charge on any atom is 0.416 e. The van der Waals surface area contributed by atoms with Crippen molar-refractivity contribution < 1.29 is 35.9 Å². The van der Waals surface area contributed by atoms with E-state index in [4.69, 9.17) is 4.74 Å². The molecule has 2 aliphatic rings. The van der Waals surface area contributed by atoms with Gasteiger partial charge < -0.3 is 15.0 Å². The number of carbonyl (C=O) groups is 2. The summed E-state index contributed by atoms with van der Waals surface area (Å²) in [6, 6.07) is 4.05. The normalized spacial score (nSPS) is 18.6. The van der Waals surface area contributed by atoms with Gasteiger partial charge in [0.2, 0.25) is 0 Å². The van der Waals surface area contributed by atoms with Gasteiger partial charge in [0.1, 0.15) is 5.84 Å². The summed E-state index contributed by atoms with van der Waals surface area (Å²) in [5, 5.41) is 2.27. The van der Waals surface area contributed by atoms with E-state index < -0.39 is 39.7 Å². The van der Waals surface area contributed by atoms with Crippen LogP contribution >= 0.6 is 0 Å². The molecule has 0 spiro atoms. The van der Waals surface area contributed by atoms with E-state index in [2.05, 4.69) is 9.71 Å². The molecule has 2 aliphatic heterocycles. The van der Waals surface area contributed by atoms with E-state index >= 15 is 0 Å². The summed E-state index contributed by atoms with van der Waals surface area (Å²) in [6.07, 6.45) is -1.86. The van der Waals surface area contributed by atoms with Crippen molar-refractivity contribution >= 4 is 33.4 Å². The van der Waals surface area contributed by atoms with Crippen LogP contribution in [0.5, 0.6) is 0 Å². The quantitative estimate of drug-likeness (QED) is 0.715. The van der Waals surface area contributed by atoms with E-state index in [1.54, 1.807) is 0 Å². The van der Waals surface area contributed by atoms with Gasteiger partial charge in [-0.15, -0.1) is 4.40 Å². The number of halogens is 3. The fourth-order valence-corrected chi connectivity index (χ4v) is 3.59. The lowest BCUT2D eigenvalue weighted by Gasteiger charge is -2.27. The molecule has 8 nitrogen and oxygen atoms in total. The SMILES string of the molecule is CC(OC(=O)C1=CN2CCS(=O)(=O)N=C2C=C1)C(=O)Nc1cccc(C(F)(F)F)c1. The van der Waals surface area contributed by atoms with Crippen LogP contribution in [0.1, 0.15) is 12.5 Å². The van der Waals surface area contributed by atoms with Gasteiger partial charge in [0.05, 0.1) is 16.9 Å². The van der Waals surface area contributed by atoms with Crippen LogP contribution in [0.15, 0.2) is 52.6 Å². The number of sulfonamides is 1. The van der Waals surface area contributed by atoms with Crippen LogP contribution in [0.3, 0.4) is 0 Å². The molecule has 0 fully saturated rings.